The molecular formula is C22H22F3N3O3S. The molecule has 170 valence electrons. The number of amides is 1. The van der Waals surface area contributed by atoms with Crippen molar-refractivity contribution in [3.63, 3.8) is 0 Å². The number of nitrogens with zero attached hydrogens (tertiary/aromatic N) is 2. The van der Waals surface area contributed by atoms with Crippen LogP contribution in [0.5, 0.6) is 0 Å². The van der Waals surface area contributed by atoms with Gasteiger partial charge in [-0.3, -0.25) is 4.79 Å². The fraction of sp³-hybridized carbons (Fsp3) is 0.364. The quantitative estimate of drug-likeness (QED) is 0.709. The van der Waals surface area contributed by atoms with Crippen LogP contribution in [0.15, 0.2) is 53.4 Å². The lowest BCUT2D eigenvalue weighted by atomic mass is 9.97. The summed E-state index contributed by atoms with van der Waals surface area (Å²) in [5, 5.41) is 12.0. The smallest absolute Gasteiger partial charge is 0.356 e. The molecule has 1 N–H and O–H groups in total. The Morgan fingerprint density at radius 3 is 2.31 bits per heavy atom. The SMILES string of the molecule is N#Cc1ccccc1S(=O)(=O)N1CCC(C(=O)NCCc2ccc(C(F)(F)F)cc2)CC1. The van der Waals surface area contributed by atoms with E-state index in [0.717, 1.165) is 12.1 Å². The third-order valence-corrected chi connectivity index (χ3v) is 7.40. The van der Waals surface area contributed by atoms with Crippen LogP contribution in [0.25, 0.3) is 0 Å². The summed E-state index contributed by atoms with van der Waals surface area (Å²) in [7, 11) is -3.82. The molecule has 1 heterocycles. The number of hydrogen-bond donors (Lipinski definition) is 1. The van der Waals surface area contributed by atoms with Crippen LogP contribution in [-0.4, -0.2) is 38.3 Å². The minimum Gasteiger partial charge on any atom is -0.356 e. The maximum atomic E-state index is 12.9. The van der Waals surface area contributed by atoms with Gasteiger partial charge < -0.3 is 5.32 Å². The number of rotatable bonds is 6. The predicted octanol–water partition coefficient (Wildman–Crippen LogP) is 3.34. The van der Waals surface area contributed by atoms with E-state index in [4.69, 9.17) is 0 Å². The highest BCUT2D eigenvalue weighted by Gasteiger charge is 2.33. The van der Waals surface area contributed by atoms with Gasteiger partial charge in [0, 0.05) is 25.6 Å². The van der Waals surface area contributed by atoms with Gasteiger partial charge in [0.1, 0.15) is 6.07 Å². The summed E-state index contributed by atoms with van der Waals surface area (Å²) in [6.07, 6.45) is -3.30. The summed E-state index contributed by atoms with van der Waals surface area (Å²) in [6.45, 7) is 0.608. The molecule has 0 unspecified atom stereocenters. The third-order valence-electron chi connectivity index (χ3n) is 5.44. The van der Waals surface area contributed by atoms with Crippen LogP contribution in [0.1, 0.15) is 29.5 Å². The lowest BCUT2D eigenvalue weighted by molar-refractivity contribution is -0.137. The number of nitrogens with one attached hydrogen (secondary N) is 1. The molecule has 3 rings (SSSR count). The summed E-state index contributed by atoms with van der Waals surface area (Å²) < 4.78 is 64.8. The normalized spacial score (nSPS) is 15.8. The molecule has 0 spiro atoms. The van der Waals surface area contributed by atoms with Gasteiger partial charge in [0.2, 0.25) is 15.9 Å². The molecule has 10 heteroatoms. The Hall–Kier alpha value is -2.90. The van der Waals surface area contributed by atoms with Crippen LogP contribution < -0.4 is 5.32 Å². The van der Waals surface area contributed by atoms with Crippen LogP contribution in [0.3, 0.4) is 0 Å². The highest BCUT2D eigenvalue weighted by molar-refractivity contribution is 7.89. The van der Waals surface area contributed by atoms with Crippen LogP contribution in [-0.2, 0) is 27.4 Å². The van der Waals surface area contributed by atoms with Crippen molar-refractivity contribution in [2.45, 2.75) is 30.3 Å². The van der Waals surface area contributed by atoms with Crippen molar-refractivity contribution in [1.82, 2.24) is 9.62 Å². The van der Waals surface area contributed by atoms with Crippen molar-refractivity contribution in [2.75, 3.05) is 19.6 Å². The van der Waals surface area contributed by atoms with Gasteiger partial charge in [0.15, 0.2) is 0 Å². The zero-order valence-corrected chi connectivity index (χ0v) is 17.9. The molecule has 2 aromatic rings. The van der Waals surface area contributed by atoms with E-state index in [9.17, 15) is 31.6 Å². The molecule has 6 nitrogen and oxygen atoms in total. The minimum atomic E-state index is -4.38. The molecule has 0 aliphatic carbocycles. The Bertz CT molecular complexity index is 1100. The van der Waals surface area contributed by atoms with E-state index >= 15 is 0 Å². The van der Waals surface area contributed by atoms with Crippen LogP contribution in [0, 0.1) is 17.2 Å². The highest BCUT2D eigenvalue weighted by atomic mass is 32.2. The second-order valence-corrected chi connectivity index (χ2v) is 9.43. The number of halogens is 3. The van der Waals surface area contributed by atoms with Crippen molar-refractivity contribution < 1.29 is 26.4 Å². The standard InChI is InChI=1S/C22H22F3N3O3S/c23-22(24,25)19-7-5-16(6-8-19)9-12-27-21(29)17-10-13-28(14-11-17)32(30,31)20-4-2-1-3-18(20)15-26/h1-8,17H,9-14H2,(H,27,29). The molecule has 2 aromatic carbocycles. The van der Waals surface area contributed by atoms with E-state index in [-0.39, 0.29) is 41.9 Å². The minimum absolute atomic E-state index is 0.0399. The number of sulfonamides is 1. The Morgan fingerprint density at radius 2 is 1.72 bits per heavy atom. The second kappa shape index (κ2) is 9.71. The molecule has 1 aliphatic heterocycles. The number of carbonyl (C=O) groups is 1. The van der Waals surface area contributed by atoms with E-state index in [1.165, 1.54) is 28.6 Å². The first kappa shape index (κ1) is 23.8. The van der Waals surface area contributed by atoms with E-state index in [1.54, 1.807) is 12.1 Å². The first-order valence-electron chi connectivity index (χ1n) is 10.1. The van der Waals surface area contributed by atoms with Crippen molar-refractivity contribution >= 4 is 15.9 Å². The topological polar surface area (TPSA) is 90.3 Å². The molecule has 0 atom stereocenters. The molecule has 0 aromatic heterocycles. The maximum Gasteiger partial charge on any atom is 0.416 e. The number of benzene rings is 2. The van der Waals surface area contributed by atoms with Crippen molar-refractivity contribution in [3.05, 3.63) is 65.2 Å². The van der Waals surface area contributed by atoms with Gasteiger partial charge >= 0.3 is 6.18 Å². The molecule has 1 saturated heterocycles. The Kier molecular flexibility index (Phi) is 7.21. The molecular weight excluding hydrogens is 443 g/mol. The van der Waals surface area contributed by atoms with Crippen molar-refractivity contribution in [3.8, 4) is 6.07 Å². The number of nitriles is 1. The molecule has 0 radical (unpaired) electrons. The fourth-order valence-electron chi connectivity index (χ4n) is 3.62. The van der Waals surface area contributed by atoms with Crippen molar-refractivity contribution in [1.29, 1.82) is 5.26 Å². The summed E-state index contributed by atoms with van der Waals surface area (Å²) in [5.41, 5.74) is 0.0374. The van der Waals surface area contributed by atoms with E-state index < -0.39 is 21.8 Å². The summed E-state index contributed by atoms with van der Waals surface area (Å²) in [6, 6.07) is 12.7. The van der Waals surface area contributed by atoms with Crippen LogP contribution in [0.4, 0.5) is 13.2 Å². The largest absolute Gasteiger partial charge is 0.416 e. The Balaban J connectivity index is 1.50. The Morgan fingerprint density at radius 1 is 1.09 bits per heavy atom. The predicted molar refractivity (Wildman–Crippen MR) is 111 cm³/mol. The summed E-state index contributed by atoms with van der Waals surface area (Å²) >= 11 is 0. The van der Waals surface area contributed by atoms with Gasteiger partial charge in [0.25, 0.3) is 0 Å². The first-order valence-corrected chi connectivity index (χ1v) is 11.5. The first-order chi connectivity index (χ1) is 15.1. The van der Waals surface area contributed by atoms with Gasteiger partial charge in [-0.1, -0.05) is 24.3 Å². The third kappa shape index (κ3) is 5.47. The van der Waals surface area contributed by atoms with Gasteiger partial charge in [-0.15, -0.1) is 0 Å². The maximum absolute atomic E-state index is 12.9. The molecule has 1 fully saturated rings. The number of carbonyl (C=O) groups excluding carboxylic acids is 1. The number of piperidine rings is 1. The average Bonchev–Trinajstić information content (AvgIpc) is 2.78. The zero-order valence-electron chi connectivity index (χ0n) is 17.1. The van der Waals surface area contributed by atoms with Gasteiger partial charge in [0.05, 0.1) is 16.0 Å². The van der Waals surface area contributed by atoms with Crippen molar-refractivity contribution in [2.24, 2.45) is 5.92 Å². The van der Waals surface area contributed by atoms with E-state index in [0.29, 0.717) is 24.8 Å². The lowest BCUT2D eigenvalue weighted by Crippen LogP contribution is -2.43. The number of alkyl halides is 3. The monoisotopic (exact) mass is 465 g/mol. The lowest BCUT2D eigenvalue weighted by Gasteiger charge is -2.30. The Labute approximate surface area is 184 Å². The summed E-state index contributed by atoms with van der Waals surface area (Å²) in [4.78, 5) is 12.4. The van der Waals surface area contributed by atoms with E-state index in [1.807, 2.05) is 6.07 Å². The number of hydrogen-bond acceptors (Lipinski definition) is 4. The van der Waals surface area contributed by atoms with Gasteiger partial charge in [-0.05, 0) is 49.1 Å². The summed E-state index contributed by atoms with van der Waals surface area (Å²) in [5.74, 6) is -0.549. The van der Waals surface area contributed by atoms with Gasteiger partial charge in [-0.2, -0.15) is 22.7 Å². The molecule has 0 bridgehead atoms. The molecule has 1 amide bonds. The second-order valence-electron chi connectivity index (χ2n) is 7.52. The highest BCUT2D eigenvalue weighted by Crippen LogP contribution is 2.29. The van der Waals surface area contributed by atoms with Gasteiger partial charge in [-0.25, -0.2) is 8.42 Å². The van der Waals surface area contributed by atoms with E-state index in [2.05, 4.69) is 5.32 Å². The molecule has 32 heavy (non-hydrogen) atoms. The zero-order chi connectivity index (χ0) is 23.4. The average molecular weight is 465 g/mol. The fourth-order valence-corrected chi connectivity index (χ4v) is 5.23. The molecule has 0 saturated carbocycles. The molecule has 1 aliphatic rings. The van der Waals surface area contributed by atoms with Crippen LogP contribution >= 0.6 is 0 Å². The van der Waals surface area contributed by atoms with Crippen LogP contribution in [0.2, 0.25) is 0 Å².